The quantitative estimate of drug-likeness (QED) is 0.558. The van der Waals surface area contributed by atoms with Gasteiger partial charge in [0, 0.05) is 31.7 Å². The van der Waals surface area contributed by atoms with Crippen LogP contribution in [0.3, 0.4) is 0 Å². The second kappa shape index (κ2) is 11.3. The number of aromatic nitrogens is 1. The molecule has 0 spiro atoms. The minimum Gasteiger partial charge on any atom is -0.493 e. The van der Waals surface area contributed by atoms with E-state index in [9.17, 15) is 4.79 Å². The summed E-state index contributed by atoms with van der Waals surface area (Å²) < 4.78 is 21.7. The second-order valence-corrected chi connectivity index (χ2v) is 6.35. The van der Waals surface area contributed by atoms with E-state index in [4.69, 9.17) is 18.6 Å². The maximum absolute atomic E-state index is 11.9. The van der Waals surface area contributed by atoms with E-state index in [1.165, 1.54) is 0 Å². The normalized spacial score (nSPS) is 10.7. The van der Waals surface area contributed by atoms with Crippen molar-refractivity contribution in [3.05, 3.63) is 29.7 Å². The smallest absolute Gasteiger partial charge is 0.226 e. The number of carbonyl (C=O) groups excluding carboxylic acids is 1. The zero-order chi connectivity index (χ0) is 20.4. The van der Waals surface area contributed by atoms with Crippen LogP contribution in [0.25, 0.3) is 11.5 Å². The zero-order valence-electron chi connectivity index (χ0n) is 17.2. The Morgan fingerprint density at radius 3 is 2.68 bits per heavy atom. The highest BCUT2D eigenvalue weighted by atomic mass is 16.5. The van der Waals surface area contributed by atoms with Crippen molar-refractivity contribution in [2.24, 2.45) is 0 Å². The first kappa shape index (κ1) is 21.8. The Morgan fingerprint density at radius 1 is 1.18 bits per heavy atom. The molecule has 28 heavy (non-hydrogen) atoms. The van der Waals surface area contributed by atoms with Crippen molar-refractivity contribution in [2.75, 3.05) is 34.0 Å². The summed E-state index contributed by atoms with van der Waals surface area (Å²) in [4.78, 5) is 16.5. The van der Waals surface area contributed by atoms with Crippen LogP contribution in [0.15, 0.2) is 22.6 Å². The molecule has 154 valence electrons. The molecule has 1 heterocycles. The van der Waals surface area contributed by atoms with Crippen molar-refractivity contribution in [1.82, 2.24) is 10.3 Å². The highest BCUT2D eigenvalue weighted by Crippen LogP contribution is 2.32. The summed E-state index contributed by atoms with van der Waals surface area (Å²) in [6, 6.07) is 5.54. The molecular formula is C21H30N2O5. The maximum atomic E-state index is 11.9. The fourth-order valence-electron chi connectivity index (χ4n) is 2.80. The number of aryl methyl sites for hydroxylation is 2. The van der Waals surface area contributed by atoms with Crippen molar-refractivity contribution in [2.45, 2.75) is 39.5 Å². The Morgan fingerprint density at radius 2 is 1.96 bits per heavy atom. The van der Waals surface area contributed by atoms with Crippen LogP contribution >= 0.6 is 0 Å². The number of nitrogens with one attached hydrogen (secondary N) is 1. The minimum atomic E-state index is 0.0535. The molecule has 0 saturated carbocycles. The molecule has 2 aromatic rings. The molecule has 0 atom stereocenters. The van der Waals surface area contributed by atoms with Crippen LogP contribution in [0.2, 0.25) is 0 Å². The number of amides is 1. The van der Waals surface area contributed by atoms with E-state index in [1.54, 1.807) is 14.2 Å². The number of benzene rings is 1. The van der Waals surface area contributed by atoms with Gasteiger partial charge in [-0.05, 0) is 51.3 Å². The lowest BCUT2D eigenvalue weighted by Crippen LogP contribution is -2.25. The van der Waals surface area contributed by atoms with Gasteiger partial charge >= 0.3 is 0 Å². The van der Waals surface area contributed by atoms with Gasteiger partial charge in [0.05, 0.1) is 19.9 Å². The van der Waals surface area contributed by atoms with E-state index in [2.05, 4.69) is 10.3 Å². The SMILES string of the molecule is CCOCCCNC(=O)CCCc1nc(-c2ccc(OC)c(OC)c2)oc1C. The Kier molecular flexibility index (Phi) is 8.81. The molecule has 0 fully saturated rings. The van der Waals surface area contributed by atoms with Gasteiger partial charge in [0.15, 0.2) is 11.5 Å². The first-order valence-electron chi connectivity index (χ1n) is 9.62. The minimum absolute atomic E-state index is 0.0535. The summed E-state index contributed by atoms with van der Waals surface area (Å²) in [5.41, 5.74) is 1.69. The van der Waals surface area contributed by atoms with Crippen LogP contribution in [0.5, 0.6) is 11.5 Å². The molecule has 1 amide bonds. The first-order chi connectivity index (χ1) is 13.6. The molecular weight excluding hydrogens is 360 g/mol. The molecule has 0 saturated heterocycles. The molecule has 0 aliphatic rings. The number of carbonyl (C=O) groups is 1. The van der Waals surface area contributed by atoms with Crippen LogP contribution in [0.1, 0.15) is 37.6 Å². The molecule has 0 unspecified atom stereocenters. The number of methoxy groups -OCH3 is 2. The third-order valence-electron chi connectivity index (χ3n) is 4.33. The topological polar surface area (TPSA) is 82.8 Å². The third-order valence-corrected chi connectivity index (χ3v) is 4.33. The van der Waals surface area contributed by atoms with Crippen LogP contribution in [0, 0.1) is 6.92 Å². The van der Waals surface area contributed by atoms with Crippen molar-refractivity contribution in [3.8, 4) is 23.0 Å². The summed E-state index contributed by atoms with van der Waals surface area (Å²) in [6.45, 7) is 5.87. The van der Waals surface area contributed by atoms with Crippen LogP contribution in [0.4, 0.5) is 0 Å². The highest BCUT2D eigenvalue weighted by Gasteiger charge is 2.14. The van der Waals surface area contributed by atoms with E-state index < -0.39 is 0 Å². The lowest BCUT2D eigenvalue weighted by molar-refractivity contribution is -0.121. The number of ether oxygens (including phenoxy) is 3. The predicted molar refractivity (Wildman–Crippen MR) is 107 cm³/mol. The van der Waals surface area contributed by atoms with Gasteiger partial charge in [0.25, 0.3) is 0 Å². The Bertz CT molecular complexity index is 757. The molecule has 0 aliphatic heterocycles. The average molecular weight is 390 g/mol. The fraction of sp³-hybridized carbons (Fsp3) is 0.524. The molecule has 0 bridgehead atoms. The van der Waals surface area contributed by atoms with Gasteiger partial charge in [-0.1, -0.05) is 0 Å². The molecule has 0 aliphatic carbocycles. The van der Waals surface area contributed by atoms with Crippen molar-refractivity contribution in [1.29, 1.82) is 0 Å². The average Bonchev–Trinajstić information content (AvgIpc) is 3.08. The monoisotopic (exact) mass is 390 g/mol. The summed E-state index contributed by atoms with van der Waals surface area (Å²) in [6.07, 6.45) is 2.70. The number of hydrogen-bond acceptors (Lipinski definition) is 6. The summed E-state index contributed by atoms with van der Waals surface area (Å²) >= 11 is 0. The second-order valence-electron chi connectivity index (χ2n) is 6.35. The lowest BCUT2D eigenvalue weighted by atomic mass is 10.1. The number of hydrogen-bond donors (Lipinski definition) is 1. The fourth-order valence-corrected chi connectivity index (χ4v) is 2.80. The van der Waals surface area contributed by atoms with Crippen molar-refractivity contribution >= 4 is 5.91 Å². The number of rotatable bonds is 12. The largest absolute Gasteiger partial charge is 0.493 e. The van der Waals surface area contributed by atoms with E-state index in [1.807, 2.05) is 32.0 Å². The standard InChI is InChI=1S/C21H30N2O5/c1-5-27-13-7-12-22-20(24)9-6-8-17-15(2)28-21(23-17)16-10-11-18(25-3)19(14-16)26-4/h10-11,14H,5-9,12-13H2,1-4H3,(H,22,24). The summed E-state index contributed by atoms with van der Waals surface area (Å²) in [5, 5.41) is 2.91. The molecule has 2 rings (SSSR count). The van der Waals surface area contributed by atoms with E-state index in [-0.39, 0.29) is 5.91 Å². The predicted octanol–water partition coefficient (Wildman–Crippen LogP) is 3.53. The molecule has 1 aromatic carbocycles. The van der Waals surface area contributed by atoms with Gasteiger partial charge < -0.3 is 23.9 Å². The van der Waals surface area contributed by atoms with E-state index in [0.717, 1.165) is 29.9 Å². The lowest BCUT2D eigenvalue weighted by Gasteiger charge is -2.07. The third kappa shape index (κ3) is 6.27. The van der Waals surface area contributed by atoms with Crippen LogP contribution in [-0.2, 0) is 16.0 Å². The van der Waals surface area contributed by atoms with E-state index >= 15 is 0 Å². The highest BCUT2D eigenvalue weighted by molar-refractivity contribution is 5.75. The molecule has 1 N–H and O–H groups in total. The van der Waals surface area contributed by atoms with E-state index in [0.29, 0.717) is 50.0 Å². The van der Waals surface area contributed by atoms with Crippen molar-refractivity contribution < 1.29 is 23.4 Å². The number of nitrogens with zero attached hydrogens (tertiary/aromatic N) is 1. The van der Waals surface area contributed by atoms with Crippen LogP contribution < -0.4 is 14.8 Å². The maximum Gasteiger partial charge on any atom is 0.226 e. The molecule has 1 aromatic heterocycles. The van der Waals surface area contributed by atoms with Gasteiger partial charge in [0.1, 0.15) is 5.76 Å². The van der Waals surface area contributed by atoms with Crippen molar-refractivity contribution in [3.63, 3.8) is 0 Å². The van der Waals surface area contributed by atoms with Crippen LogP contribution in [-0.4, -0.2) is 44.9 Å². The first-order valence-corrected chi connectivity index (χ1v) is 9.62. The van der Waals surface area contributed by atoms with Gasteiger partial charge in [-0.15, -0.1) is 0 Å². The van der Waals surface area contributed by atoms with Gasteiger partial charge in [0.2, 0.25) is 11.8 Å². The number of oxazole rings is 1. The Balaban J connectivity index is 1.86. The van der Waals surface area contributed by atoms with Gasteiger partial charge in [-0.25, -0.2) is 4.98 Å². The molecule has 0 radical (unpaired) electrons. The Hall–Kier alpha value is -2.54. The summed E-state index contributed by atoms with van der Waals surface area (Å²) in [5.74, 6) is 2.63. The summed E-state index contributed by atoms with van der Waals surface area (Å²) in [7, 11) is 3.19. The van der Waals surface area contributed by atoms with Gasteiger partial charge in [-0.2, -0.15) is 0 Å². The zero-order valence-corrected chi connectivity index (χ0v) is 17.2. The Labute approximate surface area is 166 Å². The molecule has 7 nitrogen and oxygen atoms in total. The van der Waals surface area contributed by atoms with Gasteiger partial charge in [-0.3, -0.25) is 4.79 Å². The molecule has 7 heteroatoms.